The molecule has 0 saturated heterocycles. The van der Waals surface area contributed by atoms with Crippen molar-refractivity contribution in [1.29, 1.82) is 0 Å². The van der Waals surface area contributed by atoms with Gasteiger partial charge in [-0.1, -0.05) is 13.8 Å². The Morgan fingerprint density at radius 1 is 1.45 bits per heavy atom. The van der Waals surface area contributed by atoms with Crippen LogP contribution in [0.2, 0.25) is 0 Å². The van der Waals surface area contributed by atoms with Gasteiger partial charge < -0.3 is 9.88 Å². The number of nitrogens with one attached hydrogen (secondary N) is 1. The molecule has 20 heavy (non-hydrogen) atoms. The Kier molecular flexibility index (Phi) is 4.54. The summed E-state index contributed by atoms with van der Waals surface area (Å²) in [6.07, 6.45) is 1.80. The maximum atomic E-state index is 12.0. The molecule has 0 spiro atoms. The average Bonchev–Trinajstić information content (AvgIpc) is 3.01. The molecule has 0 atom stereocenters. The summed E-state index contributed by atoms with van der Waals surface area (Å²) in [5.41, 5.74) is 3.13. The van der Waals surface area contributed by atoms with Crippen molar-refractivity contribution in [3.8, 4) is 0 Å². The Hall–Kier alpha value is -1.69. The molecule has 2 aromatic heterocycles. The highest BCUT2D eigenvalue weighted by Crippen LogP contribution is 2.17. The Labute approximate surface area is 123 Å². The van der Waals surface area contributed by atoms with Crippen LogP contribution in [0.3, 0.4) is 0 Å². The molecule has 0 aliphatic rings. The van der Waals surface area contributed by atoms with Crippen LogP contribution in [0, 0.1) is 13.8 Å². The monoisotopic (exact) mass is 292 g/mol. The van der Waals surface area contributed by atoms with Gasteiger partial charge in [-0.15, -0.1) is 11.3 Å². The van der Waals surface area contributed by atoms with Crippen molar-refractivity contribution in [2.45, 2.75) is 40.2 Å². The third-order valence-electron chi connectivity index (χ3n) is 3.29. The minimum absolute atomic E-state index is 0.101. The number of hydrogen-bond donors (Lipinski definition) is 1. The zero-order valence-corrected chi connectivity index (χ0v) is 13.1. The zero-order valence-electron chi connectivity index (χ0n) is 12.3. The van der Waals surface area contributed by atoms with Crippen LogP contribution in [0.15, 0.2) is 11.7 Å². The molecule has 0 radical (unpaired) electrons. The van der Waals surface area contributed by atoms with Crippen molar-refractivity contribution in [3.05, 3.63) is 33.8 Å². The first-order valence-electron chi connectivity index (χ1n) is 6.71. The van der Waals surface area contributed by atoms with Gasteiger partial charge in [0.2, 0.25) is 0 Å². The number of thiazole rings is 1. The smallest absolute Gasteiger partial charge is 0.280 e. The van der Waals surface area contributed by atoms with E-state index >= 15 is 0 Å². The largest absolute Gasteiger partial charge is 0.348 e. The number of rotatable bonds is 5. The summed E-state index contributed by atoms with van der Waals surface area (Å²) in [6, 6.07) is 0. The summed E-state index contributed by atoms with van der Waals surface area (Å²) in [5.74, 6) is 0.251. The van der Waals surface area contributed by atoms with Crippen molar-refractivity contribution in [3.63, 3.8) is 0 Å². The predicted molar refractivity (Wildman–Crippen MR) is 80.2 cm³/mol. The third kappa shape index (κ3) is 3.25. The molecule has 108 valence electrons. The van der Waals surface area contributed by atoms with E-state index in [4.69, 9.17) is 0 Å². The summed E-state index contributed by atoms with van der Waals surface area (Å²) in [7, 11) is 0. The van der Waals surface area contributed by atoms with Gasteiger partial charge in [-0.05, 0) is 19.8 Å². The van der Waals surface area contributed by atoms with E-state index in [2.05, 4.69) is 29.1 Å². The quantitative estimate of drug-likeness (QED) is 0.921. The lowest BCUT2D eigenvalue weighted by atomic mass is 10.2. The van der Waals surface area contributed by atoms with E-state index < -0.39 is 0 Å². The summed E-state index contributed by atoms with van der Waals surface area (Å²) in [4.78, 5) is 20.6. The van der Waals surface area contributed by atoms with Crippen LogP contribution >= 0.6 is 11.3 Å². The zero-order chi connectivity index (χ0) is 14.7. The predicted octanol–water partition coefficient (Wildman–Crippen LogP) is 2.51. The molecule has 0 aromatic carbocycles. The van der Waals surface area contributed by atoms with Gasteiger partial charge in [0, 0.05) is 24.2 Å². The van der Waals surface area contributed by atoms with E-state index in [0.717, 1.165) is 23.6 Å². The van der Waals surface area contributed by atoms with Crippen molar-refractivity contribution in [1.82, 2.24) is 19.9 Å². The minimum Gasteiger partial charge on any atom is -0.348 e. The number of amides is 1. The molecular weight excluding hydrogens is 272 g/mol. The van der Waals surface area contributed by atoms with Crippen molar-refractivity contribution >= 4 is 17.2 Å². The van der Waals surface area contributed by atoms with Crippen LogP contribution in [0.25, 0.3) is 0 Å². The van der Waals surface area contributed by atoms with Gasteiger partial charge >= 0.3 is 0 Å². The van der Waals surface area contributed by atoms with Crippen LogP contribution < -0.4 is 5.32 Å². The van der Waals surface area contributed by atoms with Crippen LogP contribution in [-0.4, -0.2) is 27.0 Å². The summed E-state index contributed by atoms with van der Waals surface area (Å²) < 4.78 is 2.04. The Balaban J connectivity index is 1.87. The number of nitrogens with zero attached hydrogens (tertiary/aromatic N) is 3. The maximum Gasteiger partial charge on any atom is 0.280 e. The first-order valence-corrected chi connectivity index (χ1v) is 7.59. The van der Waals surface area contributed by atoms with Crippen LogP contribution in [0.5, 0.6) is 0 Å². The van der Waals surface area contributed by atoms with Crippen LogP contribution in [0.4, 0.5) is 0 Å². The molecule has 1 amide bonds. The highest BCUT2D eigenvalue weighted by Gasteiger charge is 2.12. The molecule has 0 saturated carbocycles. The molecule has 0 aliphatic heterocycles. The lowest BCUT2D eigenvalue weighted by molar-refractivity contribution is 0.0951. The molecular formula is C14H20N4OS. The van der Waals surface area contributed by atoms with Gasteiger partial charge in [-0.2, -0.15) is 0 Å². The molecule has 2 aromatic rings. The highest BCUT2D eigenvalue weighted by molar-refractivity contribution is 7.11. The molecule has 0 bridgehead atoms. The Bertz CT molecular complexity index is 600. The van der Waals surface area contributed by atoms with E-state index in [1.807, 2.05) is 23.8 Å². The van der Waals surface area contributed by atoms with Gasteiger partial charge in [0.05, 0.1) is 17.7 Å². The van der Waals surface area contributed by atoms with Crippen molar-refractivity contribution in [2.75, 3.05) is 6.54 Å². The number of imidazole rings is 1. The average molecular weight is 292 g/mol. The second-order valence-electron chi connectivity index (χ2n) is 5.10. The van der Waals surface area contributed by atoms with E-state index in [1.54, 1.807) is 6.33 Å². The van der Waals surface area contributed by atoms with Crippen molar-refractivity contribution < 1.29 is 4.79 Å². The van der Waals surface area contributed by atoms with Crippen molar-refractivity contribution in [2.24, 2.45) is 0 Å². The second kappa shape index (κ2) is 6.17. The number of aryl methyl sites for hydroxylation is 1. The first-order chi connectivity index (χ1) is 9.49. The van der Waals surface area contributed by atoms with E-state index in [9.17, 15) is 4.79 Å². The van der Waals surface area contributed by atoms with Gasteiger partial charge in [-0.3, -0.25) is 4.79 Å². The highest BCUT2D eigenvalue weighted by atomic mass is 32.1. The maximum absolute atomic E-state index is 12.0. The van der Waals surface area contributed by atoms with E-state index in [0.29, 0.717) is 17.5 Å². The lowest BCUT2D eigenvalue weighted by Crippen LogP contribution is -2.27. The lowest BCUT2D eigenvalue weighted by Gasteiger charge is -2.06. The van der Waals surface area contributed by atoms with Gasteiger partial charge in [0.1, 0.15) is 0 Å². The summed E-state index contributed by atoms with van der Waals surface area (Å²) >= 11 is 1.40. The standard InChI is InChI=1S/C14H20N4OS/c1-9(2)12-7-20-14(17-12)13(19)15-5-6-18-8-16-10(3)11(18)4/h7-9H,5-6H2,1-4H3,(H,15,19). The fourth-order valence-corrected chi connectivity index (χ4v) is 2.69. The fourth-order valence-electron chi connectivity index (χ4n) is 1.79. The SMILES string of the molecule is Cc1ncn(CCNC(=O)c2nc(C(C)C)cs2)c1C. The molecule has 2 rings (SSSR count). The van der Waals surface area contributed by atoms with Crippen LogP contribution in [-0.2, 0) is 6.54 Å². The number of carbonyl (C=O) groups is 1. The normalized spacial score (nSPS) is 11.1. The van der Waals surface area contributed by atoms with Gasteiger partial charge in [0.25, 0.3) is 5.91 Å². The molecule has 0 fully saturated rings. The number of carbonyl (C=O) groups excluding carboxylic acids is 1. The molecule has 0 unspecified atom stereocenters. The molecule has 1 N–H and O–H groups in total. The second-order valence-corrected chi connectivity index (χ2v) is 5.96. The number of aromatic nitrogens is 3. The third-order valence-corrected chi connectivity index (χ3v) is 4.15. The molecule has 0 aliphatic carbocycles. The molecule has 5 nitrogen and oxygen atoms in total. The van der Waals surface area contributed by atoms with E-state index in [-0.39, 0.29) is 5.91 Å². The Morgan fingerprint density at radius 2 is 2.20 bits per heavy atom. The number of hydrogen-bond acceptors (Lipinski definition) is 4. The first kappa shape index (κ1) is 14.7. The summed E-state index contributed by atoms with van der Waals surface area (Å²) in [6.45, 7) is 9.45. The molecule has 6 heteroatoms. The summed E-state index contributed by atoms with van der Waals surface area (Å²) in [5, 5.41) is 5.38. The topological polar surface area (TPSA) is 59.8 Å². The molecule has 2 heterocycles. The Morgan fingerprint density at radius 3 is 2.75 bits per heavy atom. The van der Waals surface area contributed by atoms with E-state index in [1.165, 1.54) is 11.3 Å². The van der Waals surface area contributed by atoms with Gasteiger partial charge in [-0.25, -0.2) is 9.97 Å². The minimum atomic E-state index is -0.101. The van der Waals surface area contributed by atoms with Crippen LogP contribution in [0.1, 0.15) is 46.6 Å². The van der Waals surface area contributed by atoms with Gasteiger partial charge in [0.15, 0.2) is 5.01 Å². The fraction of sp³-hybridized carbons (Fsp3) is 0.500.